The van der Waals surface area contributed by atoms with Gasteiger partial charge in [-0.05, 0) is 76.0 Å². The third-order valence-corrected chi connectivity index (χ3v) is 14.8. The lowest BCUT2D eigenvalue weighted by Gasteiger charge is -2.43. The highest BCUT2D eigenvalue weighted by Crippen LogP contribution is 2.37. The Morgan fingerprint density at radius 3 is 1.96 bits per heavy atom. The third-order valence-electron chi connectivity index (χ3n) is 8.91. The second-order valence-corrected chi connectivity index (χ2v) is 18.7. The highest BCUT2D eigenvalue weighted by atomic mass is 32.1. The Morgan fingerprint density at radius 1 is 0.708 bits per heavy atom. The monoisotopic (exact) mass is 673 g/mol. The number of rotatable bonds is 17. The summed E-state index contributed by atoms with van der Waals surface area (Å²) >= 11 is 1.74. The quantitative estimate of drug-likeness (QED) is 0.0724. The molecule has 1 aromatic heterocycles. The lowest BCUT2D eigenvalue weighted by molar-refractivity contribution is 0.288. The first-order valence-electron chi connectivity index (χ1n) is 17.4. The molecule has 48 heavy (non-hydrogen) atoms. The van der Waals surface area contributed by atoms with Crippen LogP contribution < -0.4 is 20.0 Å². The van der Waals surface area contributed by atoms with Crippen molar-refractivity contribution >= 4 is 47.9 Å². The summed E-state index contributed by atoms with van der Waals surface area (Å²) in [6.07, 6.45) is 8.73. The highest BCUT2D eigenvalue weighted by molar-refractivity contribution is 7.10. The van der Waals surface area contributed by atoms with Crippen molar-refractivity contribution in [3.8, 4) is 5.75 Å². The van der Waals surface area contributed by atoms with Gasteiger partial charge in [0.05, 0.1) is 0 Å². The number of hydrogen-bond donors (Lipinski definition) is 0. The molecule has 0 atom stereocenters. The summed E-state index contributed by atoms with van der Waals surface area (Å²) in [5, 5.41) is 4.77. The third kappa shape index (κ3) is 9.16. The molecule has 250 valence electrons. The van der Waals surface area contributed by atoms with E-state index in [1.807, 2.05) is 6.07 Å². The summed E-state index contributed by atoms with van der Waals surface area (Å²) in [6, 6.07) is 43.3. The zero-order valence-electron chi connectivity index (χ0n) is 29.1. The number of nitrogens with zero attached hydrogens (tertiary/aromatic N) is 1. The van der Waals surface area contributed by atoms with Gasteiger partial charge in [0.2, 0.25) is 0 Å². The molecule has 0 aliphatic heterocycles. The zero-order chi connectivity index (χ0) is 33.7. The first-order valence-corrected chi connectivity index (χ1v) is 20.2. The second-order valence-electron chi connectivity index (χ2n) is 13.4. The molecule has 0 aliphatic carbocycles. The maximum atomic E-state index is 7.19. The van der Waals surface area contributed by atoms with Gasteiger partial charge in [-0.1, -0.05) is 131 Å². The normalized spacial score (nSPS) is 12.0. The summed E-state index contributed by atoms with van der Waals surface area (Å²) in [4.78, 5) is 3.77. The summed E-state index contributed by atoms with van der Waals surface area (Å²) in [5.41, 5.74) is 3.48. The molecule has 0 aliphatic rings. The fourth-order valence-corrected chi connectivity index (χ4v) is 11.6. The number of anilines is 1. The van der Waals surface area contributed by atoms with Crippen LogP contribution in [0, 0.1) is 0 Å². The predicted octanol–water partition coefficient (Wildman–Crippen LogP) is 10.5. The molecule has 3 nitrogen and oxygen atoms in total. The molecule has 1 heterocycles. The minimum Gasteiger partial charge on any atom is -0.488 e. The van der Waals surface area contributed by atoms with Crippen LogP contribution in [0.15, 0.2) is 127 Å². The van der Waals surface area contributed by atoms with Crippen LogP contribution in [0.1, 0.15) is 69.4 Å². The van der Waals surface area contributed by atoms with Crippen LogP contribution >= 0.6 is 11.3 Å². The minimum absolute atomic E-state index is 0.0152. The number of thiophene rings is 1. The van der Waals surface area contributed by atoms with Gasteiger partial charge in [0.25, 0.3) is 8.32 Å². The largest absolute Gasteiger partial charge is 0.488 e. The Bertz CT molecular complexity index is 1630. The minimum atomic E-state index is -2.53. The molecular weight excluding hydrogens is 623 g/mol. The van der Waals surface area contributed by atoms with Crippen molar-refractivity contribution in [3.63, 3.8) is 0 Å². The molecule has 5 aromatic rings. The average Bonchev–Trinajstić information content (AvgIpc) is 3.64. The number of ether oxygens (including phenoxy) is 1. The Labute approximate surface area is 294 Å². The van der Waals surface area contributed by atoms with E-state index in [1.54, 1.807) is 11.3 Å². The van der Waals surface area contributed by atoms with E-state index in [2.05, 4.69) is 165 Å². The van der Waals surface area contributed by atoms with E-state index in [0.29, 0.717) is 6.61 Å². The molecule has 5 heteroatoms. The molecule has 0 spiro atoms. The Morgan fingerprint density at radius 2 is 1.35 bits per heavy atom. The van der Waals surface area contributed by atoms with Crippen LogP contribution in [0.2, 0.25) is 5.04 Å². The summed E-state index contributed by atoms with van der Waals surface area (Å²) in [7, 11) is -2.53. The van der Waals surface area contributed by atoms with Crippen molar-refractivity contribution in [2.75, 3.05) is 24.6 Å². The van der Waals surface area contributed by atoms with E-state index >= 15 is 0 Å². The fraction of sp³-hybridized carbons (Fsp3) is 0.302. The molecule has 5 rings (SSSR count). The fourth-order valence-electron chi connectivity index (χ4n) is 6.39. The standard InChI is InChI=1S/C43H51NO2SSi/c1-5-6-30-44(31-16-17-32-46-48(43(2,3)4,40-22-12-8-13-23-40)41-24-14-9-15-25-41)38-28-26-37(27-29-39-21-18-33-47-39)42(34-38)45-35-36-19-10-7-11-20-36/h7-15,18-29,33-34H,5-6,16-17,30-32,35H2,1-4H3. The van der Waals surface area contributed by atoms with Gasteiger partial charge in [0, 0.05) is 41.9 Å². The Hall–Kier alpha value is -3.90. The highest BCUT2D eigenvalue weighted by Gasteiger charge is 2.49. The van der Waals surface area contributed by atoms with E-state index < -0.39 is 8.32 Å². The van der Waals surface area contributed by atoms with Gasteiger partial charge in [-0.15, -0.1) is 11.3 Å². The van der Waals surface area contributed by atoms with Crippen LogP contribution in [0.25, 0.3) is 12.2 Å². The first-order chi connectivity index (χ1) is 23.4. The SMILES string of the molecule is CCCCN(CCCCO[Si](c1ccccc1)(c1ccccc1)C(C)(C)C)c1ccc(C=Cc2cccs2)c(OCc2ccccc2)c1. The van der Waals surface area contributed by atoms with Gasteiger partial charge in [0.1, 0.15) is 12.4 Å². The molecule has 0 saturated carbocycles. The summed E-state index contributed by atoms with van der Waals surface area (Å²) in [6.45, 7) is 12.6. The smallest absolute Gasteiger partial charge is 0.261 e. The molecule has 0 N–H and O–H groups in total. The van der Waals surface area contributed by atoms with E-state index in [4.69, 9.17) is 9.16 Å². The van der Waals surface area contributed by atoms with Crippen LogP contribution in [-0.2, 0) is 11.0 Å². The molecule has 4 aromatic carbocycles. The van der Waals surface area contributed by atoms with Crippen LogP contribution in [0.5, 0.6) is 5.75 Å². The topological polar surface area (TPSA) is 21.7 Å². The van der Waals surface area contributed by atoms with Gasteiger partial charge >= 0.3 is 0 Å². The molecule has 0 bridgehead atoms. The van der Waals surface area contributed by atoms with E-state index in [9.17, 15) is 0 Å². The molecule has 0 amide bonds. The van der Waals surface area contributed by atoms with Gasteiger partial charge in [-0.2, -0.15) is 0 Å². The Balaban J connectivity index is 1.32. The predicted molar refractivity (Wildman–Crippen MR) is 210 cm³/mol. The van der Waals surface area contributed by atoms with Crippen molar-refractivity contribution in [1.82, 2.24) is 0 Å². The van der Waals surface area contributed by atoms with E-state index in [1.165, 1.54) is 26.5 Å². The van der Waals surface area contributed by atoms with Gasteiger partial charge < -0.3 is 14.1 Å². The van der Waals surface area contributed by atoms with Crippen LogP contribution in [0.3, 0.4) is 0 Å². The van der Waals surface area contributed by atoms with E-state index in [0.717, 1.165) is 56.7 Å². The van der Waals surface area contributed by atoms with Crippen molar-refractivity contribution in [2.24, 2.45) is 0 Å². The molecular formula is C43H51NO2SSi. The van der Waals surface area contributed by atoms with Gasteiger partial charge in [-0.25, -0.2) is 0 Å². The van der Waals surface area contributed by atoms with E-state index in [-0.39, 0.29) is 5.04 Å². The van der Waals surface area contributed by atoms with Crippen molar-refractivity contribution < 1.29 is 9.16 Å². The zero-order valence-corrected chi connectivity index (χ0v) is 30.9. The Kier molecular flexibility index (Phi) is 12.9. The second kappa shape index (κ2) is 17.5. The molecule has 0 unspecified atom stereocenters. The number of hydrogen-bond acceptors (Lipinski definition) is 4. The number of benzene rings is 4. The van der Waals surface area contributed by atoms with Crippen LogP contribution in [0.4, 0.5) is 5.69 Å². The molecule has 0 saturated heterocycles. The lowest BCUT2D eigenvalue weighted by atomic mass is 10.1. The average molecular weight is 674 g/mol. The first kappa shape index (κ1) is 35.4. The van der Waals surface area contributed by atoms with Crippen LogP contribution in [-0.4, -0.2) is 28.0 Å². The van der Waals surface area contributed by atoms with Crippen molar-refractivity contribution in [3.05, 3.63) is 143 Å². The lowest BCUT2D eigenvalue weighted by Crippen LogP contribution is -2.66. The summed E-state index contributed by atoms with van der Waals surface area (Å²) in [5.74, 6) is 0.917. The maximum absolute atomic E-state index is 7.19. The molecule has 0 radical (unpaired) electrons. The number of unbranched alkanes of at least 4 members (excludes halogenated alkanes) is 2. The maximum Gasteiger partial charge on any atom is 0.261 e. The van der Waals surface area contributed by atoms with Crippen molar-refractivity contribution in [1.29, 1.82) is 0 Å². The van der Waals surface area contributed by atoms with Gasteiger partial charge in [-0.3, -0.25) is 0 Å². The molecule has 0 fully saturated rings. The summed E-state index contributed by atoms with van der Waals surface area (Å²) < 4.78 is 13.7. The van der Waals surface area contributed by atoms with Gasteiger partial charge in [0.15, 0.2) is 0 Å². The van der Waals surface area contributed by atoms with Crippen molar-refractivity contribution in [2.45, 2.75) is 65.0 Å².